The van der Waals surface area contributed by atoms with Crippen molar-refractivity contribution >= 4 is 30.7 Å². The predicted molar refractivity (Wildman–Crippen MR) is 96.1 cm³/mol. The monoisotopic (exact) mass is 373 g/mol. The molecule has 0 spiro atoms. The van der Waals surface area contributed by atoms with Crippen molar-refractivity contribution in [2.75, 3.05) is 13.1 Å². The number of piperidine rings is 1. The number of amides is 1. The quantitative estimate of drug-likeness (QED) is 0.752. The van der Waals surface area contributed by atoms with Gasteiger partial charge in [0, 0.05) is 31.5 Å². The minimum absolute atomic E-state index is 0. The van der Waals surface area contributed by atoms with Crippen molar-refractivity contribution in [1.82, 2.24) is 25.4 Å². The average molecular weight is 374 g/mol. The fourth-order valence-corrected chi connectivity index (χ4v) is 2.55. The van der Waals surface area contributed by atoms with Crippen molar-refractivity contribution in [1.29, 1.82) is 0 Å². The first-order valence-corrected chi connectivity index (χ1v) is 7.44. The Morgan fingerprint density at radius 2 is 2.17 bits per heavy atom. The van der Waals surface area contributed by atoms with Gasteiger partial charge >= 0.3 is 0 Å². The molecule has 1 unspecified atom stereocenters. The van der Waals surface area contributed by atoms with Gasteiger partial charge in [-0.2, -0.15) is 5.10 Å². The molecule has 3 rings (SSSR count). The van der Waals surface area contributed by atoms with Gasteiger partial charge in [-0.15, -0.1) is 24.8 Å². The summed E-state index contributed by atoms with van der Waals surface area (Å²) >= 11 is 0. The second-order valence-corrected chi connectivity index (χ2v) is 5.43. The molecule has 3 heterocycles. The SMILES string of the molecule is Cl.Cl.O=C(NCc1ccc(=O)[nH]c1)c1ccn(C2CCCNC2)n1. The zero-order chi connectivity index (χ0) is 15.4. The number of carbonyl (C=O) groups excluding carboxylic acids is 1. The Bertz CT molecular complexity index is 689. The third-order valence-electron chi connectivity index (χ3n) is 3.79. The zero-order valence-electron chi connectivity index (χ0n) is 13.0. The molecule has 132 valence electrons. The summed E-state index contributed by atoms with van der Waals surface area (Å²) in [5, 5.41) is 10.5. The van der Waals surface area contributed by atoms with Crippen LogP contribution in [0.25, 0.3) is 0 Å². The summed E-state index contributed by atoms with van der Waals surface area (Å²) in [6.07, 6.45) is 5.65. The number of halogens is 2. The molecule has 9 heteroatoms. The lowest BCUT2D eigenvalue weighted by Gasteiger charge is -2.22. The van der Waals surface area contributed by atoms with Crippen molar-refractivity contribution in [2.24, 2.45) is 0 Å². The van der Waals surface area contributed by atoms with Crippen molar-refractivity contribution in [2.45, 2.75) is 25.4 Å². The van der Waals surface area contributed by atoms with Crippen LogP contribution in [0.4, 0.5) is 0 Å². The van der Waals surface area contributed by atoms with Crippen LogP contribution in [0.3, 0.4) is 0 Å². The maximum absolute atomic E-state index is 12.1. The normalized spacial score (nSPS) is 16.6. The van der Waals surface area contributed by atoms with Gasteiger partial charge in [0.1, 0.15) is 5.69 Å². The molecule has 0 saturated carbocycles. The largest absolute Gasteiger partial charge is 0.347 e. The van der Waals surface area contributed by atoms with E-state index < -0.39 is 0 Å². The second kappa shape index (κ2) is 9.46. The van der Waals surface area contributed by atoms with Gasteiger partial charge < -0.3 is 15.6 Å². The van der Waals surface area contributed by atoms with Crippen LogP contribution in [0.5, 0.6) is 0 Å². The van der Waals surface area contributed by atoms with Gasteiger partial charge in [-0.05, 0) is 31.0 Å². The first-order chi connectivity index (χ1) is 10.7. The highest BCUT2D eigenvalue weighted by Crippen LogP contribution is 2.15. The van der Waals surface area contributed by atoms with Gasteiger partial charge in [0.15, 0.2) is 0 Å². The summed E-state index contributed by atoms with van der Waals surface area (Å²) in [6.45, 7) is 2.29. The van der Waals surface area contributed by atoms with E-state index in [-0.39, 0.29) is 36.3 Å². The molecular weight excluding hydrogens is 353 g/mol. The number of nitrogens with zero attached hydrogens (tertiary/aromatic N) is 2. The van der Waals surface area contributed by atoms with Crippen LogP contribution in [0.1, 0.15) is 34.9 Å². The Morgan fingerprint density at radius 1 is 1.33 bits per heavy atom. The van der Waals surface area contributed by atoms with Crippen molar-refractivity contribution in [3.8, 4) is 0 Å². The molecule has 0 aliphatic carbocycles. The highest BCUT2D eigenvalue weighted by Gasteiger charge is 2.17. The van der Waals surface area contributed by atoms with Gasteiger partial charge in [0.05, 0.1) is 6.04 Å². The van der Waals surface area contributed by atoms with Gasteiger partial charge in [-0.25, -0.2) is 0 Å². The van der Waals surface area contributed by atoms with Crippen LogP contribution in [-0.2, 0) is 6.54 Å². The maximum atomic E-state index is 12.1. The third kappa shape index (κ3) is 5.09. The molecule has 24 heavy (non-hydrogen) atoms. The topological polar surface area (TPSA) is 91.8 Å². The molecule has 3 N–H and O–H groups in total. The maximum Gasteiger partial charge on any atom is 0.272 e. The van der Waals surface area contributed by atoms with E-state index in [0.717, 1.165) is 31.5 Å². The predicted octanol–water partition coefficient (Wildman–Crippen LogP) is 1.27. The van der Waals surface area contributed by atoms with E-state index in [1.165, 1.54) is 6.07 Å². The Balaban J connectivity index is 0.00000144. The summed E-state index contributed by atoms with van der Waals surface area (Å²) < 4.78 is 1.86. The molecule has 0 bridgehead atoms. The Labute approximate surface area is 152 Å². The Kier molecular flexibility index (Phi) is 7.97. The number of H-pyrrole nitrogens is 1. The van der Waals surface area contributed by atoms with Gasteiger partial charge in [0.25, 0.3) is 5.91 Å². The van der Waals surface area contributed by atoms with E-state index in [2.05, 4.69) is 20.7 Å². The number of hydrogen-bond acceptors (Lipinski definition) is 4. The van der Waals surface area contributed by atoms with Gasteiger partial charge in [0.2, 0.25) is 5.56 Å². The van der Waals surface area contributed by atoms with Crippen LogP contribution < -0.4 is 16.2 Å². The number of carbonyl (C=O) groups is 1. The lowest BCUT2D eigenvalue weighted by molar-refractivity contribution is 0.0944. The second-order valence-electron chi connectivity index (χ2n) is 5.43. The van der Waals surface area contributed by atoms with E-state index in [1.54, 1.807) is 18.3 Å². The highest BCUT2D eigenvalue weighted by atomic mass is 35.5. The number of hydrogen-bond donors (Lipinski definition) is 3. The molecule has 0 aromatic carbocycles. The molecule has 1 fully saturated rings. The Morgan fingerprint density at radius 3 is 2.83 bits per heavy atom. The first-order valence-electron chi connectivity index (χ1n) is 7.44. The molecule has 7 nitrogen and oxygen atoms in total. The van der Waals surface area contributed by atoms with E-state index in [1.807, 2.05) is 10.9 Å². The summed E-state index contributed by atoms with van der Waals surface area (Å²) in [5.74, 6) is -0.214. The number of rotatable bonds is 4. The van der Waals surface area contributed by atoms with E-state index in [9.17, 15) is 9.59 Å². The molecule has 1 aliphatic rings. The summed E-state index contributed by atoms with van der Waals surface area (Å²) in [6, 6.07) is 5.17. The van der Waals surface area contributed by atoms with Crippen LogP contribution in [-0.4, -0.2) is 33.8 Å². The molecule has 1 amide bonds. The zero-order valence-corrected chi connectivity index (χ0v) is 14.7. The molecule has 1 aliphatic heterocycles. The number of aromatic nitrogens is 3. The van der Waals surface area contributed by atoms with Crippen LogP contribution in [0.2, 0.25) is 0 Å². The lowest BCUT2D eigenvalue weighted by atomic mass is 10.1. The van der Waals surface area contributed by atoms with E-state index in [4.69, 9.17) is 0 Å². The number of pyridine rings is 1. The van der Waals surface area contributed by atoms with E-state index >= 15 is 0 Å². The minimum Gasteiger partial charge on any atom is -0.347 e. The smallest absolute Gasteiger partial charge is 0.272 e. The molecular formula is C15H21Cl2N5O2. The third-order valence-corrected chi connectivity index (χ3v) is 3.79. The average Bonchev–Trinajstić information content (AvgIpc) is 3.05. The van der Waals surface area contributed by atoms with Crippen molar-refractivity contribution in [3.05, 3.63) is 52.2 Å². The fourth-order valence-electron chi connectivity index (χ4n) is 2.55. The minimum atomic E-state index is -0.214. The first kappa shape index (κ1) is 20.2. The van der Waals surface area contributed by atoms with Gasteiger partial charge in [-0.3, -0.25) is 14.3 Å². The molecule has 1 saturated heterocycles. The highest BCUT2D eigenvalue weighted by molar-refractivity contribution is 5.92. The lowest BCUT2D eigenvalue weighted by Crippen LogP contribution is -2.32. The number of nitrogens with one attached hydrogen (secondary N) is 3. The number of aromatic amines is 1. The van der Waals surface area contributed by atoms with Crippen LogP contribution in [0, 0.1) is 0 Å². The molecule has 2 aromatic rings. The van der Waals surface area contributed by atoms with E-state index in [0.29, 0.717) is 18.3 Å². The summed E-state index contributed by atoms with van der Waals surface area (Å²) in [4.78, 5) is 25.7. The van der Waals surface area contributed by atoms with Crippen molar-refractivity contribution in [3.63, 3.8) is 0 Å². The van der Waals surface area contributed by atoms with Crippen molar-refractivity contribution < 1.29 is 4.79 Å². The standard InChI is InChI=1S/C15H19N5O2.2ClH/c21-14-4-3-11(8-17-14)9-18-15(22)13-5-7-20(19-13)12-2-1-6-16-10-12;;/h3-5,7-8,12,16H,1-2,6,9-10H2,(H,17,21)(H,18,22);2*1H. The molecule has 0 radical (unpaired) electrons. The molecule has 2 aromatic heterocycles. The van der Waals surface area contributed by atoms with Crippen LogP contribution >= 0.6 is 24.8 Å². The van der Waals surface area contributed by atoms with Gasteiger partial charge in [-0.1, -0.05) is 6.07 Å². The van der Waals surface area contributed by atoms with Crippen LogP contribution in [0.15, 0.2) is 35.4 Å². The molecule has 1 atom stereocenters. The summed E-state index contributed by atoms with van der Waals surface area (Å²) in [5.41, 5.74) is 1.09. The Hall–Kier alpha value is -1.83. The fraction of sp³-hybridized carbons (Fsp3) is 0.400. The summed E-state index contributed by atoms with van der Waals surface area (Å²) in [7, 11) is 0.